The Morgan fingerprint density at radius 2 is 1.86 bits per heavy atom. The van der Waals surface area contributed by atoms with Crippen molar-refractivity contribution >= 4 is 5.97 Å². The van der Waals surface area contributed by atoms with Gasteiger partial charge in [-0.15, -0.1) is 0 Å². The summed E-state index contributed by atoms with van der Waals surface area (Å²) in [6.45, 7) is 9.11. The van der Waals surface area contributed by atoms with Gasteiger partial charge in [0.05, 0.1) is 6.61 Å². The Morgan fingerprint density at radius 1 is 1.29 bits per heavy atom. The molecule has 1 heterocycles. The number of carbonyl (C=O) groups excluding carboxylic acids is 1. The van der Waals surface area contributed by atoms with E-state index in [1.54, 1.807) is 0 Å². The average molecular weight is 290 g/mol. The lowest BCUT2D eigenvalue weighted by molar-refractivity contribution is -0.150. The predicted octanol–water partition coefficient (Wildman–Crippen LogP) is 1.99. The molecular formula is C17H26N2O2. The van der Waals surface area contributed by atoms with Gasteiger partial charge < -0.3 is 10.5 Å². The second-order valence-corrected chi connectivity index (χ2v) is 6.21. The van der Waals surface area contributed by atoms with Crippen LogP contribution in [-0.4, -0.2) is 37.1 Å². The lowest BCUT2D eigenvalue weighted by Crippen LogP contribution is -2.54. The summed E-state index contributed by atoms with van der Waals surface area (Å²) in [6, 6.07) is 9.55. The van der Waals surface area contributed by atoms with Gasteiger partial charge in [0, 0.05) is 19.6 Å². The van der Waals surface area contributed by atoms with Crippen molar-refractivity contribution in [3.63, 3.8) is 0 Å². The van der Waals surface area contributed by atoms with E-state index >= 15 is 0 Å². The van der Waals surface area contributed by atoms with Gasteiger partial charge in [-0.2, -0.15) is 0 Å². The molecule has 0 aliphatic carbocycles. The van der Waals surface area contributed by atoms with Gasteiger partial charge in [0.1, 0.15) is 0 Å². The quantitative estimate of drug-likeness (QED) is 0.843. The number of carbonyl (C=O) groups is 1. The van der Waals surface area contributed by atoms with Gasteiger partial charge in [-0.05, 0) is 24.3 Å². The molecule has 1 aromatic carbocycles. The molecule has 0 bridgehead atoms. The second-order valence-electron chi connectivity index (χ2n) is 6.21. The number of rotatable bonds is 5. The van der Waals surface area contributed by atoms with Crippen molar-refractivity contribution in [2.75, 3.05) is 26.2 Å². The SMILES string of the molecule is CCOC(=O)C(N)(CN1CC(C)C(C)C1)c1ccccc1. The Balaban J connectivity index is 2.22. The maximum atomic E-state index is 12.4. The van der Waals surface area contributed by atoms with Crippen LogP contribution in [0.5, 0.6) is 0 Å². The summed E-state index contributed by atoms with van der Waals surface area (Å²) in [5.41, 5.74) is 6.22. The van der Waals surface area contributed by atoms with Gasteiger partial charge >= 0.3 is 5.97 Å². The number of esters is 1. The summed E-state index contributed by atoms with van der Waals surface area (Å²) >= 11 is 0. The zero-order chi connectivity index (χ0) is 15.5. The van der Waals surface area contributed by atoms with Crippen LogP contribution in [0, 0.1) is 11.8 Å². The van der Waals surface area contributed by atoms with E-state index in [1.807, 2.05) is 37.3 Å². The summed E-state index contributed by atoms with van der Waals surface area (Å²) in [6.07, 6.45) is 0. The Morgan fingerprint density at radius 3 is 2.38 bits per heavy atom. The number of hydrogen-bond acceptors (Lipinski definition) is 4. The first-order chi connectivity index (χ1) is 9.97. The Labute approximate surface area is 127 Å². The number of ether oxygens (including phenoxy) is 1. The van der Waals surface area contributed by atoms with Crippen LogP contribution in [0.1, 0.15) is 26.3 Å². The van der Waals surface area contributed by atoms with E-state index in [1.165, 1.54) is 0 Å². The highest BCUT2D eigenvalue weighted by atomic mass is 16.5. The first-order valence-corrected chi connectivity index (χ1v) is 7.71. The standard InChI is InChI=1S/C17H26N2O2/c1-4-21-16(20)17(18,15-8-6-5-7-9-15)12-19-10-13(2)14(3)11-19/h5-9,13-14H,4,10-12,18H2,1-3H3. The molecule has 1 aliphatic heterocycles. The summed E-state index contributed by atoms with van der Waals surface area (Å²) in [4.78, 5) is 14.7. The van der Waals surface area contributed by atoms with E-state index in [0.29, 0.717) is 25.0 Å². The number of nitrogens with two attached hydrogens (primary N) is 1. The van der Waals surface area contributed by atoms with Gasteiger partial charge in [-0.1, -0.05) is 44.2 Å². The number of benzene rings is 1. The van der Waals surface area contributed by atoms with Crippen molar-refractivity contribution < 1.29 is 9.53 Å². The Bertz CT molecular complexity index is 467. The smallest absolute Gasteiger partial charge is 0.332 e. The minimum absolute atomic E-state index is 0.344. The van der Waals surface area contributed by atoms with Crippen molar-refractivity contribution in [2.24, 2.45) is 17.6 Å². The van der Waals surface area contributed by atoms with Gasteiger partial charge in [0.2, 0.25) is 0 Å². The zero-order valence-corrected chi connectivity index (χ0v) is 13.2. The number of nitrogens with zero attached hydrogens (tertiary/aromatic N) is 1. The van der Waals surface area contributed by atoms with Crippen LogP contribution in [0.25, 0.3) is 0 Å². The maximum absolute atomic E-state index is 12.4. The third kappa shape index (κ3) is 3.44. The fourth-order valence-corrected chi connectivity index (χ4v) is 3.00. The normalized spacial score (nSPS) is 25.5. The van der Waals surface area contributed by atoms with Gasteiger partial charge in [0.15, 0.2) is 5.54 Å². The molecule has 4 nitrogen and oxygen atoms in total. The molecule has 0 saturated carbocycles. The average Bonchev–Trinajstić information content (AvgIpc) is 2.78. The summed E-state index contributed by atoms with van der Waals surface area (Å²) in [5, 5.41) is 0. The van der Waals surface area contributed by atoms with E-state index in [0.717, 1.165) is 18.7 Å². The second kappa shape index (κ2) is 6.58. The molecule has 2 rings (SSSR count). The van der Waals surface area contributed by atoms with Crippen molar-refractivity contribution in [3.05, 3.63) is 35.9 Å². The molecule has 0 aromatic heterocycles. The molecule has 3 atom stereocenters. The first-order valence-electron chi connectivity index (χ1n) is 7.71. The highest BCUT2D eigenvalue weighted by Crippen LogP contribution is 2.27. The molecule has 3 unspecified atom stereocenters. The van der Waals surface area contributed by atoms with Crippen molar-refractivity contribution in [2.45, 2.75) is 26.3 Å². The van der Waals surface area contributed by atoms with Crippen LogP contribution in [0.3, 0.4) is 0 Å². The van der Waals surface area contributed by atoms with Crippen LogP contribution in [0.4, 0.5) is 0 Å². The molecular weight excluding hydrogens is 264 g/mol. The summed E-state index contributed by atoms with van der Waals surface area (Å²) < 4.78 is 5.23. The minimum atomic E-state index is -1.10. The predicted molar refractivity (Wildman–Crippen MR) is 83.7 cm³/mol. The maximum Gasteiger partial charge on any atom is 0.332 e. The molecule has 1 fully saturated rings. The van der Waals surface area contributed by atoms with Gasteiger partial charge in [0.25, 0.3) is 0 Å². The van der Waals surface area contributed by atoms with E-state index < -0.39 is 5.54 Å². The lowest BCUT2D eigenvalue weighted by Gasteiger charge is -2.32. The third-order valence-electron chi connectivity index (χ3n) is 4.47. The van der Waals surface area contributed by atoms with Crippen LogP contribution < -0.4 is 5.73 Å². The van der Waals surface area contributed by atoms with Crippen molar-refractivity contribution in [1.82, 2.24) is 4.90 Å². The molecule has 1 aliphatic rings. The Hall–Kier alpha value is -1.39. The number of likely N-dealkylation sites (tertiary alicyclic amines) is 1. The van der Waals surface area contributed by atoms with E-state index in [2.05, 4.69) is 18.7 Å². The molecule has 0 radical (unpaired) electrons. The largest absolute Gasteiger partial charge is 0.464 e. The lowest BCUT2D eigenvalue weighted by atomic mass is 9.90. The topological polar surface area (TPSA) is 55.6 Å². The molecule has 21 heavy (non-hydrogen) atoms. The number of hydrogen-bond donors (Lipinski definition) is 1. The van der Waals surface area contributed by atoms with Gasteiger partial charge in [-0.3, -0.25) is 4.90 Å². The molecule has 0 amide bonds. The highest BCUT2D eigenvalue weighted by molar-refractivity contribution is 5.82. The molecule has 2 N–H and O–H groups in total. The van der Waals surface area contributed by atoms with Crippen LogP contribution in [0.15, 0.2) is 30.3 Å². The zero-order valence-electron chi connectivity index (χ0n) is 13.2. The van der Waals surface area contributed by atoms with Crippen molar-refractivity contribution in [1.29, 1.82) is 0 Å². The first kappa shape index (κ1) is 16.0. The molecule has 1 aromatic rings. The summed E-state index contributed by atoms with van der Waals surface area (Å²) in [5.74, 6) is 0.919. The monoisotopic (exact) mass is 290 g/mol. The highest BCUT2D eigenvalue weighted by Gasteiger charge is 2.41. The fourth-order valence-electron chi connectivity index (χ4n) is 3.00. The van der Waals surface area contributed by atoms with E-state index in [-0.39, 0.29) is 5.97 Å². The van der Waals surface area contributed by atoms with Crippen LogP contribution in [-0.2, 0) is 15.1 Å². The Kier molecular flexibility index (Phi) is 5.01. The molecule has 1 saturated heterocycles. The van der Waals surface area contributed by atoms with E-state index in [9.17, 15) is 4.79 Å². The minimum Gasteiger partial charge on any atom is -0.464 e. The van der Waals surface area contributed by atoms with Crippen LogP contribution >= 0.6 is 0 Å². The van der Waals surface area contributed by atoms with Crippen molar-refractivity contribution in [3.8, 4) is 0 Å². The third-order valence-corrected chi connectivity index (χ3v) is 4.47. The molecule has 4 heteroatoms. The fraction of sp³-hybridized carbons (Fsp3) is 0.588. The molecule has 0 spiro atoms. The van der Waals surface area contributed by atoms with Crippen LogP contribution in [0.2, 0.25) is 0 Å². The molecule has 116 valence electrons. The van der Waals surface area contributed by atoms with E-state index in [4.69, 9.17) is 10.5 Å². The summed E-state index contributed by atoms with van der Waals surface area (Å²) in [7, 11) is 0. The van der Waals surface area contributed by atoms with Gasteiger partial charge in [-0.25, -0.2) is 4.79 Å².